The number of aromatic nitrogens is 1. The number of para-hydroxylation sites is 1. The molecule has 29 heavy (non-hydrogen) atoms. The van der Waals surface area contributed by atoms with Gasteiger partial charge < -0.3 is 15.4 Å². The summed E-state index contributed by atoms with van der Waals surface area (Å²) in [4.78, 5) is 14.0. The number of benzene rings is 3. The predicted octanol–water partition coefficient (Wildman–Crippen LogP) is 5.43. The van der Waals surface area contributed by atoms with E-state index in [4.69, 9.17) is 0 Å². The van der Waals surface area contributed by atoms with Crippen LogP contribution in [-0.4, -0.2) is 15.0 Å². The molecule has 0 aliphatic rings. The maximum atomic E-state index is 14.8. The molecule has 146 valence electrons. The van der Waals surface area contributed by atoms with E-state index in [9.17, 15) is 19.6 Å². The Morgan fingerprint density at radius 2 is 1.90 bits per heavy atom. The first-order chi connectivity index (χ1) is 13.9. The smallest absolute Gasteiger partial charge is 0.271 e. The molecular formula is C22H18FN3O3. The molecule has 6 nitrogen and oxygen atoms in total. The maximum Gasteiger partial charge on any atom is 0.271 e. The molecule has 3 N–H and O–H groups in total. The van der Waals surface area contributed by atoms with E-state index in [-0.39, 0.29) is 17.0 Å². The fourth-order valence-corrected chi connectivity index (χ4v) is 3.60. The summed E-state index contributed by atoms with van der Waals surface area (Å²) in [6.45, 7) is 1.89. The third-order valence-corrected chi connectivity index (χ3v) is 4.89. The third kappa shape index (κ3) is 3.50. The van der Waals surface area contributed by atoms with E-state index >= 15 is 0 Å². The number of hydrogen-bond acceptors (Lipinski definition) is 4. The van der Waals surface area contributed by atoms with Crippen LogP contribution in [0.2, 0.25) is 0 Å². The lowest BCUT2D eigenvalue weighted by Crippen LogP contribution is -2.15. The van der Waals surface area contributed by atoms with Crippen LogP contribution in [0.4, 0.5) is 15.8 Å². The molecule has 0 radical (unpaired) electrons. The lowest BCUT2D eigenvalue weighted by Gasteiger charge is -2.22. The molecule has 0 bridgehead atoms. The number of nitrogens with one attached hydrogen (secondary N) is 2. The largest absolute Gasteiger partial charge is 0.508 e. The Bertz CT molecular complexity index is 1220. The van der Waals surface area contributed by atoms with Gasteiger partial charge in [0.2, 0.25) is 0 Å². The van der Waals surface area contributed by atoms with Crippen molar-refractivity contribution in [1.82, 2.24) is 4.98 Å². The zero-order valence-electron chi connectivity index (χ0n) is 15.5. The van der Waals surface area contributed by atoms with Gasteiger partial charge in [-0.15, -0.1) is 0 Å². The van der Waals surface area contributed by atoms with E-state index < -0.39 is 16.8 Å². The Morgan fingerprint density at radius 1 is 1.10 bits per heavy atom. The molecule has 4 aromatic rings. The number of non-ortho nitro benzene ring substituents is 1. The average molecular weight is 391 g/mol. The van der Waals surface area contributed by atoms with Crippen LogP contribution in [0.15, 0.2) is 66.7 Å². The highest BCUT2D eigenvalue weighted by Gasteiger charge is 2.24. The molecule has 1 unspecified atom stereocenters. The molecule has 0 amide bonds. The van der Waals surface area contributed by atoms with Gasteiger partial charge in [0.25, 0.3) is 5.69 Å². The summed E-state index contributed by atoms with van der Waals surface area (Å²) < 4.78 is 14.8. The fourth-order valence-electron chi connectivity index (χ4n) is 3.60. The van der Waals surface area contributed by atoms with Crippen LogP contribution in [0.3, 0.4) is 0 Å². The summed E-state index contributed by atoms with van der Waals surface area (Å²) in [5, 5.41) is 25.2. The number of aryl methyl sites for hydroxylation is 1. The third-order valence-electron chi connectivity index (χ3n) is 4.89. The van der Waals surface area contributed by atoms with Crippen LogP contribution in [0.25, 0.3) is 10.9 Å². The maximum absolute atomic E-state index is 14.8. The van der Waals surface area contributed by atoms with Crippen LogP contribution >= 0.6 is 0 Å². The number of nitro groups is 1. The number of halogens is 1. The number of anilines is 1. The minimum atomic E-state index is -0.680. The first kappa shape index (κ1) is 18.5. The number of aromatic hydroxyl groups is 1. The van der Waals surface area contributed by atoms with E-state index in [0.29, 0.717) is 5.69 Å². The average Bonchev–Trinajstić information content (AvgIpc) is 3.04. The van der Waals surface area contributed by atoms with Gasteiger partial charge in [0.1, 0.15) is 11.6 Å². The number of rotatable bonds is 5. The monoisotopic (exact) mass is 391 g/mol. The Labute approximate surface area is 165 Å². The van der Waals surface area contributed by atoms with Gasteiger partial charge in [0.05, 0.1) is 11.0 Å². The molecule has 0 saturated carbocycles. The zero-order chi connectivity index (χ0) is 20.5. The molecule has 0 saturated heterocycles. The van der Waals surface area contributed by atoms with Gasteiger partial charge in [-0.05, 0) is 37.3 Å². The molecule has 1 atom stereocenters. The van der Waals surface area contributed by atoms with Crippen LogP contribution in [0.5, 0.6) is 5.75 Å². The van der Waals surface area contributed by atoms with E-state index in [1.54, 1.807) is 12.1 Å². The van der Waals surface area contributed by atoms with Gasteiger partial charge in [-0.3, -0.25) is 10.1 Å². The Morgan fingerprint density at radius 3 is 2.69 bits per heavy atom. The minimum absolute atomic E-state index is 0.0651. The lowest BCUT2D eigenvalue weighted by molar-refractivity contribution is -0.384. The highest BCUT2D eigenvalue weighted by Crippen LogP contribution is 2.37. The van der Waals surface area contributed by atoms with E-state index in [1.807, 2.05) is 31.2 Å². The second-order valence-corrected chi connectivity index (χ2v) is 6.80. The molecule has 7 heteroatoms. The Balaban J connectivity index is 1.90. The first-order valence-electron chi connectivity index (χ1n) is 9.00. The molecule has 1 aromatic heterocycles. The van der Waals surface area contributed by atoms with E-state index in [0.717, 1.165) is 22.2 Å². The van der Waals surface area contributed by atoms with Crippen molar-refractivity contribution in [2.75, 3.05) is 5.32 Å². The predicted molar refractivity (Wildman–Crippen MR) is 110 cm³/mol. The van der Waals surface area contributed by atoms with Crippen molar-refractivity contribution in [1.29, 1.82) is 0 Å². The van der Waals surface area contributed by atoms with Gasteiger partial charge >= 0.3 is 0 Å². The number of phenolic OH excluding ortho intramolecular Hbond substituents is 1. The standard InChI is InChI=1S/C22H18FN3O3/c1-13-21(17-7-2-3-8-20(17)24-13)22(18-12-16(27)9-10-19(18)23)25-14-5-4-6-15(11-14)26(28)29/h2-12,22,24-25,27H,1H3. The highest BCUT2D eigenvalue weighted by atomic mass is 19.1. The fraction of sp³-hybridized carbons (Fsp3) is 0.0909. The van der Waals surface area contributed by atoms with Crippen LogP contribution in [0, 0.1) is 22.9 Å². The summed E-state index contributed by atoms with van der Waals surface area (Å²) in [7, 11) is 0. The summed E-state index contributed by atoms with van der Waals surface area (Å²) in [5.74, 6) is -0.555. The van der Waals surface area contributed by atoms with Crippen LogP contribution < -0.4 is 5.32 Å². The zero-order valence-corrected chi connectivity index (χ0v) is 15.5. The second kappa shape index (κ2) is 7.27. The number of aromatic amines is 1. The van der Waals surface area contributed by atoms with Crippen molar-refractivity contribution in [3.63, 3.8) is 0 Å². The normalized spacial score (nSPS) is 12.1. The summed E-state index contributed by atoms with van der Waals surface area (Å²) in [5.41, 5.74) is 3.17. The number of H-pyrrole nitrogens is 1. The van der Waals surface area contributed by atoms with Gasteiger partial charge in [-0.2, -0.15) is 0 Å². The van der Waals surface area contributed by atoms with Crippen molar-refractivity contribution in [2.45, 2.75) is 13.0 Å². The van der Waals surface area contributed by atoms with Gasteiger partial charge in [-0.1, -0.05) is 24.3 Å². The molecule has 4 rings (SSSR count). The Kier molecular flexibility index (Phi) is 4.64. The van der Waals surface area contributed by atoms with Crippen LogP contribution in [-0.2, 0) is 0 Å². The Hall–Kier alpha value is -3.87. The minimum Gasteiger partial charge on any atom is -0.508 e. The van der Waals surface area contributed by atoms with Crippen LogP contribution in [0.1, 0.15) is 22.9 Å². The summed E-state index contributed by atoms with van der Waals surface area (Å²) >= 11 is 0. The number of nitrogens with zero attached hydrogens (tertiary/aromatic N) is 1. The van der Waals surface area contributed by atoms with Crippen molar-refractivity contribution < 1.29 is 14.4 Å². The molecule has 1 heterocycles. The highest BCUT2D eigenvalue weighted by molar-refractivity contribution is 5.86. The summed E-state index contributed by atoms with van der Waals surface area (Å²) in [6.07, 6.45) is 0. The van der Waals surface area contributed by atoms with Crippen molar-refractivity contribution in [2.24, 2.45) is 0 Å². The van der Waals surface area contributed by atoms with E-state index in [2.05, 4.69) is 10.3 Å². The second-order valence-electron chi connectivity index (χ2n) is 6.80. The molecule has 0 aliphatic heterocycles. The van der Waals surface area contributed by atoms with Gasteiger partial charge in [-0.25, -0.2) is 4.39 Å². The topological polar surface area (TPSA) is 91.2 Å². The summed E-state index contributed by atoms with van der Waals surface area (Å²) in [6, 6.07) is 16.9. The number of phenols is 1. The lowest BCUT2D eigenvalue weighted by atomic mass is 9.95. The first-order valence-corrected chi connectivity index (χ1v) is 9.00. The number of nitro benzene ring substituents is 1. The molecule has 0 spiro atoms. The SMILES string of the molecule is Cc1[nH]c2ccccc2c1C(Nc1cccc([N+](=O)[O-])c1)c1cc(O)ccc1F. The quantitative estimate of drug-likeness (QED) is 0.312. The molecule has 0 aliphatic carbocycles. The van der Waals surface area contributed by atoms with Crippen molar-refractivity contribution in [3.8, 4) is 5.75 Å². The van der Waals surface area contributed by atoms with Gasteiger partial charge in [0, 0.05) is 45.5 Å². The van der Waals surface area contributed by atoms with Gasteiger partial charge in [0.15, 0.2) is 0 Å². The number of fused-ring (bicyclic) bond motifs is 1. The number of hydrogen-bond donors (Lipinski definition) is 3. The molecule has 3 aromatic carbocycles. The van der Waals surface area contributed by atoms with Crippen molar-refractivity contribution >= 4 is 22.3 Å². The molecule has 0 fully saturated rings. The van der Waals surface area contributed by atoms with E-state index in [1.165, 1.54) is 30.3 Å². The molecular weight excluding hydrogens is 373 g/mol. The van der Waals surface area contributed by atoms with Crippen molar-refractivity contribution in [3.05, 3.63) is 99.5 Å².